The van der Waals surface area contributed by atoms with Crippen LogP contribution in [0.1, 0.15) is 15.9 Å². The fraction of sp³-hybridized carbons (Fsp3) is 0. The number of nitrogens with one attached hydrogen (secondary N) is 1. The highest BCUT2D eigenvalue weighted by molar-refractivity contribution is 6.03. The van der Waals surface area contributed by atoms with Gasteiger partial charge in [0.25, 0.3) is 11.6 Å². The third-order valence-corrected chi connectivity index (χ3v) is 3.63. The van der Waals surface area contributed by atoms with Crippen LogP contribution in [0.15, 0.2) is 65.8 Å². The van der Waals surface area contributed by atoms with Gasteiger partial charge < -0.3 is 5.11 Å². The van der Waals surface area contributed by atoms with Gasteiger partial charge in [-0.3, -0.25) is 14.9 Å². The van der Waals surface area contributed by atoms with E-state index in [1.54, 1.807) is 12.1 Å². The number of non-ortho nitro benzene ring substituents is 1. The molecule has 0 saturated carbocycles. The number of amides is 1. The maximum atomic E-state index is 12.0. The van der Waals surface area contributed by atoms with Crippen LogP contribution >= 0.6 is 0 Å². The minimum Gasteiger partial charge on any atom is -0.507 e. The monoisotopic (exact) mass is 335 g/mol. The van der Waals surface area contributed by atoms with Crippen LogP contribution in [0.2, 0.25) is 0 Å². The summed E-state index contributed by atoms with van der Waals surface area (Å²) in [7, 11) is 0. The molecule has 0 atom stereocenters. The Morgan fingerprint density at radius 3 is 2.72 bits per heavy atom. The van der Waals surface area contributed by atoms with Gasteiger partial charge in [0.1, 0.15) is 5.75 Å². The van der Waals surface area contributed by atoms with E-state index in [0.717, 1.165) is 10.8 Å². The van der Waals surface area contributed by atoms with Crippen molar-refractivity contribution in [2.75, 3.05) is 0 Å². The van der Waals surface area contributed by atoms with E-state index >= 15 is 0 Å². The minimum absolute atomic E-state index is 0.0343. The van der Waals surface area contributed by atoms with Gasteiger partial charge in [0.05, 0.1) is 11.1 Å². The first kappa shape index (κ1) is 16.1. The molecule has 3 aromatic carbocycles. The number of hydrogen-bond acceptors (Lipinski definition) is 5. The quantitative estimate of drug-likeness (QED) is 0.434. The van der Waals surface area contributed by atoms with Gasteiger partial charge in [0.15, 0.2) is 0 Å². The van der Waals surface area contributed by atoms with Crippen molar-refractivity contribution in [2.24, 2.45) is 5.10 Å². The second-order valence-electron chi connectivity index (χ2n) is 5.23. The van der Waals surface area contributed by atoms with E-state index in [-0.39, 0.29) is 17.0 Å². The average Bonchev–Trinajstić information content (AvgIpc) is 2.63. The molecule has 0 saturated heterocycles. The maximum absolute atomic E-state index is 12.0. The van der Waals surface area contributed by atoms with Gasteiger partial charge in [-0.2, -0.15) is 5.10 Å². The predicted molar refractivity (Wildman–Crippen MR) is 93.8 cm³/mol. The zero-order valence-corrected chi connectivity index (χ0v) is 12.9. The lowest BCUT2D eigenvalue weighted by molar-refractivity contribution is -0.384. The lowest BCUT2D eigenvalue weighted by Crippen LogP contribution is -2.17. The van der Waals surface area contributed by atoms with E-state index in [4.69, 9.17) is 0 Å². The zero-order chi connectivity index (χ0) is 17.8. The number of phenols is 1. The lowest BCUT2D eigenvalue weighted by atomic mass is 10.0. The number of aromatic hydroxyl groups is 1. The van der Waals surface area contributed by atoms with Gasteiger partial charge in [-0.25, -0.2) is 5.43 Å². The lowest BCUT2D eigenvalue weighted by Gasteiger charge is -2.05. The molecule has 0 spiro atoms. The summed E-state index contributed by atoms with van der Waals surface area (Å²) in [5, 5.41) is 26.3. The van der Waals surface area contributed by atoms with Crippen LogP contribution in [0.3, 0.4) is 0 Å². The summed E-state index contributed by atoms with van der Waals surface area (Å²) in [5.74, 6) is -0.549. The molecule has 124 valence electrons. The van der Waals surface area contributed by atoms with Crippen molar-refractivity contribution in [2.45, 2.75) is 0 Å². The first-order chi connectivity index (χ1) is 12.1. The fourth-order valence-corrected chi connectivity index (χ4v) is 2.40. The number of benzene rings is 3. The van der Waals surface area contributed by atoms with Crippen molar-refractivity contribution in [3.05, 3.63) is 81.9 Å². The van der Waals surface area contributed by atoms with Crippen molar-refractivity contribution in [3.63, 3.8) is 0 Å². The van der Waals surface area contributed by atoms with Crippen molar-refractivity contribution in [3.8, 4) is 5.75 Å². The number of carbonyl (C=O) groups excluding carboxylic acids is 1. The standard InChI is InChI=1S/C18H13N3O4/c22-17-9-8-12-4-1-2-7-15(12)16(17)11-19-20-18(23)13-5-3-6-14(10-13)21(24)25/h1-11,22H,(H,20,23)/b19-11+. The molecule has 0 aliphatic rings. The van der Waals surface area contributed by atoms with E-state index in [0.29, 0.717) is 5.56 Å². The molecule has 0 radical (unpaired) electrons. The number of carbonyl (C=O) groups is 1. The Kier molecular flexibility index (Phi) is 4.38. The molecule has 0 aliphatic carbocycles. The summed E-state index contributed by atoms with van der Waals surface area (Å²) in [4.78, 5) is 22.2. The number of rotatable bonds is 4. The minimum atomic E-state index is -0.584. The number of nitrogens with zero attached hydrogens (tertiary/aromatic N) is 2. The molecule has 2 N–H and O–H groups in total. The van der Waals surface area contributed by atoms with Crippen LogP contribution < -0.4 is 5.43 Å². The summed E-state index contributed by atoms with van der Waals surface area (Å²) in [5.41, 5.74) is 2.71. The summed E-state index contributed by atoms with van der Waals surface area (Å²) < 4.78 is 0. The summed E-state index contributed by atoms with van der Waals surface area (Å²) in [6.07, 6.45) is 1.34. The normalized spacial score (nSPS) is 10.9. The molecule has 3 aromatic rings. The Morgan fingerprint density at radius 2 is 1.92 bits per heavy atom. The molecule has 3 rings (SSSR count). The molecule has 0 heterocycles. The van der Waals surface area contributed by atoms with Gasteiger partial charge >= 0.3 is 0 Å². The van der Waals surface area contributed by atoms with Crippen molar-refractivity contribution >= 4 is 28.6 Å². The Morgan fingerprint density at radius 1 is 1.12 bits per heavy atom. The second kappa shape index (κ2) is 6.79. The molecule has 0 aromatic heterocycles. The summed E-state index contributed by atoms with van der Waals surface area (Å²) >= 11 is 0. The molecule has 0 fully saturated rings. The SMILES string of the molecule is O=C(N/N=C/c1c(O)ccc2ccccc12)c1cccc([N+](=O)[O-])c1. The highest BCUT2D eigenvalue weighted by Crippen LogP contribution is 2.25. The van der Waals surface area contributed by atoms with E-state index in [2.05, 4.69) is 10.5 Å². The van der Waals surface area contributed by atoms with Gasteiger partial charge in [-0.15, -0.1) is 0 Å². The predicted octanol–water partition coefficient (Wildman–Crippen LogP) is 3.22. The topological polar surface area (TPSA) is 105 Å². The molecule has 0 bridgehead atoms. The second-order valence-corrected chi connectivity index (χ2v) is 5.23. The molecule has 0 unspecified atom stereocenters. The average molecular weight is 335 g/mol. The Bertz CT molecular complexity index is 999. The van der Waals surface area contributed by atoms with Gasteiger partial charge in [-0.1, -0.05) is 36.4 Å². The Labute approximate surface area is 142 Å². The molecular weight excluding hydrogens is 322 g/mol. The highest BCUT2D eigenvalue weighted by Gasteiger charge is 2.11. The number of hydrogen-bond donors (Lipinski definition) is 2. The number of phenolic OH excluding ortho intramolecular Hbond substituents is 1. The molecule has 0 aliphatic heterocycles. The van der Waals surface area contributed by atoms with Crippen molar-refractivity contribution in [1.82, 2.24) is 5.43 Å². The first-order valence-corrected chi connectivity index (χ1v) is 7.35. The zero-order valence-electron chi connectivity index (χ0n) is 12.9. The molecule has 7 heteroatoms. The van der Waals surface area contributed by atoms with E-state index in [1.165, 1.54) is 30.5 Å². The van der Waals surface area contributed by atoms with Crippen LogP contribution in [0.5, 0.6) is 5.75 Å². The summed E-state index contributed by atoms with van der Waals surface area (Å²) in [6.45, 7) is 0. The van der Waals surface area contributed by atoms with E-state index in [9.17, 15) is 20.0 Å². The number of nitro groups is 1. The van der Waals surface area contributed by atoms with Gasteiger partial charge in [0.2, 0.25) is 0 Å². The molecule has 7 nitrogen and oxygen atoms in total. The van der Waals surface area contributed by atoms with E-state index < -0.39 is 10.8 Å². The fourth-order valence-electron chi connectivity index (χ4n) is 2.40. The van der Waals surface area contributed by atoms with Crippen LogP contribution in [-0.4, -0.2) is 22.2 Å². The molecule has 25 heavy (non-hydrogen) atoms. The Hall–Kier alpha value is -3.74. The van der Waals surface area contributed by atoms with Crippen LogP contribution in [0.25, 0.3) is 10.8 Å². The third kappa shape index (κ3) is 3.45. The number of hydrazone groups is 1. The van der Waals surface area contributed by atoms with Gasteiger partial charge in [-0.05, 0) is 22.9 Å². The summed E-state index contributed by atoms with van der Waals surface area (Å²) in [6, 6.07) is 16.1. The van der Waals surface area contributed by atoms with Crippen LogP contribution in [0, 0.1) is 10.1 Å². The van der Waals surface area contributed by atoms with Crippen molar-refractivity contribution < 1.29 is 14.8 Å². The number of nitro benzene ring substituents is 1. The van der Waals surface area contributed by atoms with Crippen LogP contribution in [-0.2, 0) is 0 Å². The third-order valence-electron chi connectivity index (χ3n) is 3.63. The molecule has 1 amide bonds. The van der Waals surface area contributed by atoms with Gasteiger partial charge in [0, 0.05) is 23.3 Å². The van der Waals surface area contributed by atoms with E-state index in [1.807, 2.05) is 24.3 Å². The van der Waals surface area contributed by atoms with Crippen molar-refractivity contribution in [1.29, 1.82) is 0 Å². The number of fused-ring (bicyclic) bond motifs is 1. The first-order valence-electron chi connectivity index (χ1n) is 7.35. The smallest absolute Gasteiger partial charge is 0.271 e. The Balaban J connectivity index is 1.82. The largest absolute Gasteiger partial charge is 0.507 e. The van der Waals surface area contributed by atoms with Crippen LogP contribution in [0.4, 0.5) is 5.69 Å². The molecular formula is C18H13N3O4. The highest BCUT2D eigenvalue weighted by atomic mass is 16.6. The maximum Gasteiger partial charge on any atom is 0.271 e.